The second-order valence-electron chi connectivity index (χ2n) is 10.1. The average Bonchev–Trinajstić information content (AvgIpc) is 3.40. The molecule has 2 atom stereocenters. The van der Waals surface area contributed by atoms with E-state index in [4.69, 9.17) is 18.9 Å². The maximum absolute atomic E-state index is 14.6. The fourth-order valence-electron chi connectivity index (χ4n) is 5.78. The van der Waals surface area contributed by atoms with Crippen LogP contribution in [-0.4, -0.2) is 55.3 Å². The van der Waals surface area contributed by atoms with Crippen LogP contribution < -0.4 is 9.47 Å². The van der Waals surface area contributed by atoms with Crippen molar-refractivity contribution in [3.05, 3.63) is 77.4 Å². The average molecular weight is 551 g/mol. The minimum Gasteiger partial charge on any atom is -0.493 e. The highest BCUT2D eigenvalue weighted by Gasteiger charge is 2.35. The molecule has 40 heavy (non-hydrogen) atoms. The number of fused-ring (bicyclic) bond motifs is 3. The molecule has 0 spiro atoms. The first kappa shape index (κ1) is 27.7. The standard InChI is InChI=1S/C31H35FN2O6/c1-4-39-29(36)17-20-12-15-33(16-13-20)28(35)19-27-25-8-6-14-34(25)24-11-10-21(32)18-23(24)30(40-27)22-7-5-9-26(37-2)31(22)38-3/h5-11,14,18,20,27,30H,4,12-13,15-17,19H2,1-3H3/t27-,30-/m1/s1. The number of para-hydroxylation sites is 1. The minimum atomic E-state index is -0.719. The third-order valence-electron chi connectivity index (χ3n) is 7.75. The van der Waals surface area contributed by atoms with Gasteiger partial charge in [0, 0.05) is 36.8 Å². The molecule has 0 bridgehead atoms. The van der Waals surface area contributed by atoms with Gasteiger partial charge in [-0.2, -0.15) is 0 Å². The van der Waals surface area contributed by atoms with Gasteiger partial charge in [-0.15, -0.1) is 0 Å². The normalized spacial score (nSPS) is 18.9. The van der Waals surface area contributed by atoms with Crippen LogP contribution in [0, 0.1) is 11.7 Å². The Labute approximate surface area is 233 Å². The summed E-state index contributed by atoms with van der Waals surface area (Å²) in [5.41, 5.74) is 2.88. The van der Waals surface area contributed by atoms with E-state index in [1.54, 1.807) is 33.3 Å². The number of aromatic nitrogens is 1. The zero-order valence-electron chi connectivity index (χ0n) is 23.1. The molecule has 2 aliphatic heterocycles. The molecule has 212 valence electrons. The number of hydrogen-bond donors (Lipinski definition) is 0. The quantitative estimate of drug-likeness (QED) is 0.351. The number of nitrogens with zero attached hydrogens (tertiary/aromatic N) is 2. The SMILES string of the molecule is CCOC(=O)CC1CCN(C(=O)C[C@H]2O[C@H](c3cccc(OC)c3OC)c3cc(F)ccc3-n3cccc32)CC1. The van der Waals surface area contributed by atoms with Crippen LogP contribution in [0.5, 0.6) is 11.5 Å². The topological polar surface area (TPSA) is 79.2 Å². The number of esters is 1. The van der Waals surface area contributed by atoms with Crippen molar-refractivity contribution in [2.24, 2.45) is 5.92 Å². The molecule has 5 rings (SSSR count). The predicted molar refractivity (Wildman–Crippen MR) is 146 cm³/mol. The molecule has 0 aliphatic carbocycles. The maximum Gasteiger partial charge on any atom is 0.306 e. The van der Waals surface area contributed by atoms with E-state index in [2.05, 4.69) is 0 Å². The first-order valence-electron chi connectivity index (χ1n) is 13.7. The number of ether oxygens (including phenoxy) is 4. The molecule has 1 fully saturated rings. The number of benzene rings is 2. The minimum absolute atomic E-state index is 0.0270. The van der Waals surface area contributed by atoms with Crippen LogP contribution in [0.4, 0.5) is 4.39 Å². The molecule has 3 heterocycles. The summed E-state index contributed by atoms with van der Waals surface area (Å²) in [4.78, 5) is 27.3. The number of amides is 1. The number of likely N-dealkylation sites (tertiary alicyclic amines) is 1. The largest absolute Gasteiger partial charge is 0.493 e. The Morgan fingerprint density at radius 1 is 1.00 bits per heavy atom. The molecular weight excluding hydrogens is 515 g/mol. The summed E-state index contributed by atoms with van der Waals surface area (Å²) in [5.74, 6) is 0.636. The van der Waals surface area contributed by atoms with Crippen molar-refractivity contribution in [1.29, 1.82) is 0 Å². The molecule has 0 N–H and O–H groups in total. The lowest BCUT2D eigenvalue weighted by molar-refractivity contribution is -0.144. The summed E-state index contributed by atoms with van der Waals surface area (Å²) in [6, 6.07) is 14.0. The van der Waals surface area contributed by atoms with Crippen molar-refractivity contribution in [3.8, 4) is 17.2 Å². The Kier molecular flexibility index (Phi) is 8.40. The van der Waals surface area contributed by atoms with Crippen LogP contribution in [0.2, 0.25) is 0 Å². The maximum atomic E-state index is 14.6. The third-order valence-corrected chi connectivity index (χ3v) is 7.75. The summed E-state index contributed by atoms with van der Waals surface area (Å²) in [5, 5.41) is 0. The summed E-state index contributed by atoms with van der Waals surface area (Å²) >= 11 is 0. The van der Waals surface area contributed by atoms with E-state index in [9.17, 15) is 14.0 Å². The van der Waals surface area contributed by atoms with E-state index in [0.717, 1.165) is 24.2 Å². The van der Waals surface area contributed by atoms with Gasteiger partial charge in [0.1, 0.15) is 18.0 Å². The fourth-order valence-corrected chi connectivity index (χ4v) is 5.78. The van der Waals surface area contributed by atoms with E-state index < -0.39 is 12.2 Å². The number of carbonyl (C=O) groups excluding carboxylic acids is 2. The van der Waals surface area contributed by atoms with Gasteiger partial charge in [-0.3, -0.25) is 9.59 Å². The summed E-state index contributed by atoms with van der Waals surface area (Å²) in [6.07, 6.45) is 2.58. The zero-order chi connectivity index (χ0) is 28.2. The molecule has 0 saturated carbocycles. The molecule has 2 aliphatic rings. The van der Waals surface area contributed by atoms with Crippen LogP contribution in [0.15, 0.2) is 54.7 Å². The Balaban J connectivity index is 1.43. The van der Waals surface area contributed by atoms with Crippen molar-refractivity contribution in [2.75, 3.05) is 33.9 Å². The Hall–Kier alpha value is -3.85. The highest BCUT2D eigenvalue weighted by atomic mass is 19.1. The highest BCUT2D eigenvalue weighted by Crippen LogP contribution is 2.46. The summed E-state index contributed by atoms with van der Waals surface area (Å²) < 4.78 is 39.7. The van der Waals surface area contributed by atoms with E-state index in [-0.39, 0.29) is 30.0 Å². The Morgan fingerprint density at radius 2 is 1.80 bits per heavy atom. The molecule has 1 amide bonds. The van der Waals surface area contributed by atoms with Gasteiger partial charge in [0.2, 0.25) is 5.91 Å². The second-order valence-corrected chi connectivity index (χ2v) is 10.1. The van der Waals surface area contributed by atoms with Gasteiger partial charge in [-0.25, -0.2) is 4.39 Å². The molecular formula is C31H35FN2O6. The van der Waals surface area contributed by atoms with Crippen molar-refractivity contribution in [2.45, 2.75) is 44.8 Å². The first-order valence-corrected chi connectivity index (χ1v) is 13.7. The van der Waals surface area contributed by atoms with Crippen molar-refractivity contribution in [3.63, 3.8) is 0 Å². The van der Waals surface area contributed by atoms with Crippen LogP contribution in [-0.2, 0) is 19.1 Å². The van der Waals surface area contributed by atoms with Gasteiger partial charge in [0.05, 0.1) is 38.6 Å². The summed E-state index contributed by atoms with van der Waals surface area (Å²) in [7, 11) is 3.12. The Bertz CT molecular complexity index is 1360. The lowest BCUT2D eigenvalue weighted by Gasteiger charge is -2.33. The lowest BCUT2D eigenvalue weighted by Crippen LogP contribution is -2.39. The number of rotatable bonds is 8. The molecule has 1 aromatic heterocycles. The fraction of sp³-hybridized carbons (Fsp3) is 0.419. The van der Waals surface area contributed by atoms with Crippen molar-refractivity contribution < 1.29 is 32.9 Å². The van der Waals surface area contributed by atoms with Gasteiger partial charge in [0.25, 0.3) is 0 Å². The molecule has 0 radical (unpaired) electrons. The molecule has 9 heteroatoms. The van der Waals surface area contributed by atoms with Crippen molar-refractivity contribution in [1.82, 2.24) is 9.47 Å². The third kappa shape index (κ3) is 5.56. The monoisotopic (exact) mass is 550 g/mol. The number of piperidine rings is 1. The van der Waals surface area contributed by atoms with Crippen LogP contribution in [0.1, 0.15) is 61.6 Å². The second kappa shape index (κ2) is 12.1. The zero-order valence-corrected chi connectivity index (χ0v) is 23.1. The van der Waals surface area contributed by atoms with E-state index in [0.29, 0.717) is 48.7 Å². The summed E-state index contributed by atoms with van der Waals surface area (Å²) in [6.45, 7) is 3.33. The van der Waals surface area contributed by atoms with Gasteiger partial charge in [-0.05, 0) is 62.1 Å². The molecule has 8 nitrogen and oxygen atoms in total. The van der Waals surface area contributed by atoms with Crippen LogP contribution >= 0.6 is 0 Å². The molecule has 3 aromatic rings. The number of hydrogen-bond acceptors (Lipinski definition) is 6. The van der Waals surface area contributed by atoms with Crippen LogP contribution in [0.25, 0.3) is 5.69 Å². The van der Waals surface area contributed by atoms with Crippen molar-refractivity contribution >= 4 is 11.9 Å². The van der Waals surface area contributed by atoms with Gasteiger partial charge in [0.15, 0.2) is 11.5 Å². The van der Waals surface area contributed by atoms with Crippen LogP contribution in [0.3, 0.4) is 0 Å². The number of methoxy groups -OCH3 is 2. The smallest absolute Gasteiger partial charge is 0.306 e. The highest BCUT2D eigenvalue weighted by molar-refractivity contribution is 5.77. The lowest BCUT2D eigenvalue weighted by atomic mass is 9.93. The Morgan fingerprint density at radius 3 is 2.52 bits per heavy atom. The van der Waals surface area contributed by atoms with Gasteiger partial charge < -0.3 is 28.4 Å². The van der Waals surface area contributed by atoms with Gasteiger partial charge >= 0.3 is 5.97 Å². The van der Waals surface area contributed by atoms with E-state index >= 15 is 0 Å². The molecule has 2 aromatic carbocycles. The van der Waals surface area contributed by atoms with E-state index in [1.807, 2.05) is 39.9 Å². The first-order chi connectivity index (χ1) is 19.4. The molecule has 0 unspecified atom stereocenters. The molecule has 1 saturated heterocycles. The van der Waals surface area contributed by atoms with Gasteiger partial charge in [-0.1, -0.05) is 12.1 Å². The number of carbonyl (C=O) groups is 2. The number of halogens is 1. The van der Waals surface area contributed by atoms with E-state index in [1.165, 1.54) is 12.1 Å². The predicted octanol–water partition coefficient (Wildman–Crippen LogP) is 5.38.